The SMILES string of the molecule is C=Cc1c(C(=O)OC)ccc(O[C@H]2C[C@H](NC(C)C)C2)c1OC. The molecule has 0 radical (unpaired) electrons. The van der Waals surface area contributed by atoms with Crippen LogP contribution in [0.4, 0.5) is 0 Å². The van der Waals surface area contributed by atoms with Gasteiger partial charge < -0.3 is 19.5 Å². The monoisotopic (exact) mass is 319 g/mol. The molecule has 1 fully saturated rings. The number of esters is 1. The normalized spacial score (nSPS) is 19.9. The van der Waals surface area contributed by atoms with Gasteiger partial charge in [-0.1, -0.05) is 26.5 Å². The van der Waals surface area contributed by atoms with Crippen LogP contribution in [0.5, 0.6) is 11.5 Å². The van der Waals surface area contributed by atoms with Crippen LogP contribution >= 0.6 is 0 Å². The number of nitrogens with one attached hydrogen (secondary N) is 1. The molecule has 1 aliphatic carbocycles. The Labute approximate surface area is 137 Å². The van der Waals surface area contributed by atoms with Gasteiger partial charge in [0.05, 0.1) is 19.8 Å². The predicted molar refractivity (Wildman–Crippen MR) is 90.1 cm³/mol. The van der Waals surface area contributed by atoms with E-state index < -0.39 is 5.97 Å². The van der Waals surface area contributed by atoms with Crippen molar-refractivity contribution >= 4 is 12.0 Å². The molecule has 0 heterocycles. The summed E-state index contributed by atoms with van der Waals surface area (Å²) < 4.78 is 16.3. The molecular formula is C18H25NO4. The molecule has 126 valence electrons. The highest BCUT2D eigenvalue weighted by Crippen LogP contribution is 2.37. The molecule has 1 N–H and O–H groups in total. The van der Waals surface area contributed by atoms with Gasteiger partial charge in [0.15, 0.2) is 11.5 Å². The summed E-state index contributed by atoms with van der Waals surface area (Å²) in [5.74, 6) is 0.723. The first-order valence-corrected chi connectivity index (χ1v) is 7.84. The molecule has 2 rings (SSSR count). The lowest BCUT2D eigenvalue weighted by molar-refractivity contribution is 0.0599. The third-order valence-corrected chi connectivity index (χ3v) is 3.93. The van der Waals surface area contributed by atoms with E-state index in [0.29, 0.717) is 34.7 Å². The molecule has 0 amide bonds. The molecule has 0 unspecified atom stereocenters. The fraction of sp³-hybridized carbons (Fsp3) is 0.500. The first-order chi connectivity index (χ1) is 11.0. The molecule has 1 aliphatic rings. The number of carbonyl (C=O) groups is 1. The summed E-state index contributed by atoms with van der Waals surface area (Å²) in [6.07, 6.45) is 3.66. The minimum Gasteiger partial charge on any atom is -0.492 e. The molecule has 1 aromatic carbocycles. The lowest BCUT2D eigenvalue weighted by atomic mass is 9.88. The highest BCUT2D eigenvalue weighted by Gasteiger charge is 2.32. The molecule has 1 aromatic rings. The number of rotatable bonds is 7. The predicted octanol–water partition coefficient (Wildman–Crippen LogP) is 3.03. The first kappa shape index (κ1) is 17.3. The summed E-state index contributed by atoms with van der Waals surface area (Å²) in [6.45, 7) is 8.04. The fourth-order valence-corrected chi connectivity index (χ4v) is 2.82. The Balaban J connectivity index is 2.14. The Hall–Kier alpha value is -2.01. The van der Waals surface area contributed by atoms with Gasteiger partial charge in [-0.25, -0.2) is 4.79 Å². The molecule has 0 aliphatic heterocycles. The molecule has 1 saturated carbocycles. The van der Waals surface area contributed by atoms with E-state index in [1.165, 1.54) is 7.11 Å². The molecule has 5 heteroatoms. The van der Waals surface area contributed by atoms with Gasteiger partial charge in [0, 0.05) is 17.6 Å². The average Bonchev–Trinajstić information content (AvgIpc) is 2.50. The van der Waals surface area contributed by atoms with Gasteiger partial charge >= 0.3 is 5.97 Å². The van der Waals surface area contributed by atoms with E-state index in [2.05, 4.69) is 25.7 Å². The van der Waals surface area contributed by atoms with Gasteiger partial charge in [-0.2, -0.15) is 0 Å². The second kappa shape index (κ2) is 7.51. The second-order valence-electron chi connectivity index (χ2n) is 5.98. The van der Waals surface area contributed by atoms with Gasteiger partial charge in [0.25, 0.3) is 0 Å². The number of benzene rings is 1. The number of carbonyl (C=O) groups excluding carboxylic acids is 1. The van der Waals surface area contributed by atoms with Crippen LogP contribution in [0.25, 0.3) is 6.08 Å². The second-order valence-corrected chi connectivity index (χ2v) is 5.98. The van der Waals surface area contributed by atoms with Crippen molar-refractivity contribution in [3.05, 3.63) is 29.8 Å². The van der Waals surface area contributed by atoms with E-state index in [1.54, 1.807) is 25.3 Å². The molecule has 5 nitrogen and oxygen atoms in total. The molecular weight excluding hydrogens is 294 g/mol. The largest absolute Gasteiger partial charge is 0.492 e. The van der Waals surface area contributed by atoms with Crippen molar-refractivity contribution < 1.29 is 19.0 Å². The van der Waals surface area contributed by atoms with Crippen LogP contribution in [0, 0.1) is 0 Å². The van der Waals surface area contributed by atoms with Crippen LogP contribution < -0.4 is 14.8 Å². The zero-order valence-corrected chi connectivity index (χ0v) is 14.2. The summed E-state index contributed by atoms with van der Waals surface area (Å²) in [5, 5.41) is 3.49. The summed E-state index contributed by atoms with van der Waals surface area (Å²) >= 11 is 0. The maximum absolute atomic E-state index is 11.8. The zero-order chi connectivity index (χ0) is 17.0. The van der Waals surface area contributed by atoms with E-state index in [0.717, 1.165) is 12.8 Å². The van der Waals surface area contributed by atoms with Gasteiger partial charge in [0.1, 0.15) is 6.10 Å². The quantitative estimate of drug-likeness (QED) is 0.783. The van der Waals surface area contributed by atoms with Gasteiger partial charge in [-0.3, -0.25) is 0 Å². The molecule has 0 atom stereocenters. The summed E-state index contributed by atoms with van der Waals surface area (Å²) in [6, 6.07) is 4.41. The van der Waals surface area contributed by atoms with Crippen LogP contribution in [0.2, 0.25) is 0 Å². The van der Waals surface area contributed by atoms with Crippen molar-refractivity contribution in [1.29, 1.82) is 0 Å². The highest BCUT2D eigenvalue weighted by molar-refractivity contribution is 5.95. The van der Waals surface area contributed by atoms with E-state index in [1.807, 2.05) is 0 Å². The summed E-state index contributed by atoms with van der Waals surface area (Å²) in [4.78, 5) is 11.8. The zero-order valence-electron chi connectivity index (χ0n) is 14.2. The standard InChI is InChI=1S/C18H25NO4/c1-6-14-15(18(20)22-5)7-8-16(17(14)21-4)23-13-9-12(10-13)19-11(2)3/h6-8,11-13,19H,1,9-10H2,2-5H3/t12-,13-. The fourth-order valence-electron chi connectivity index (χ4n) is 2.82. The number of hydrogen-bond donors (Lipinski definition) is 1. The van der Waals surface area contributed by atoms with Crippen molar-refractivity contribution in [2.75, 3.05) is 14.2 Å². The topological polar surface area (TPSA) is 56.8 Å². The smallest absolute Gasteiger partial charge is 0.338 e. The Morgan fingerprint density at radius 1 is 1.35 bits per heavy atom. The lowest BCUT2D eigenvalue weighted by Gasteiger charge is -2.37. The van der Waals surface area contributed by atoms with Gasteiger partial charge in [-0.05, 0) is 25.0 Å². The van der Waals surface area contributed by atoms with Crippen molar-refractivity contribution in [1.82, 2.24) is 5.32 Å². The molecule has 0 spiro atoms. The lowest BCUT2D eigenvalue weighted by Crippen LogP contribution is -2.49. The Morgan fingerprint density at radius 2 is 2.04 bits per heavy atom. The van der Waals surface area contributed by atoms with Crippen LogP contribution in [0.15, 0.2) is 18.7 Å². The summed E-state index contributed by atoms with van der Waals surface area (Å²) in [5.41, 5.74) is 1.01. The van der Waals surface area contributed by atoms with Crippen molar-refractivity contribution in [2.45, 2.75) is 44.9 Å². The third kappa shape index (κ3) is 3.85. The molecule has 23 heavy (non-hydrogen) atoms. The van der Waals surface area contributed by atoms with E-state index >= 15 is 0 Å². The number of ether oxygens (including phenoxy) is 3. The first-order valence-electron chi connectivity index (χ1n) is 7.84. The van der Waals surface area contributed by atoms with Crippen LogP contribution in [0.3, 0.4) is 0 Å². The minimum absolute atomic E-state index is 0.154. The maximum Gasteiger partial charge on any atom is 0.338 e. The number of hydrogen-bond acceptors (Lipinski definition) is 5. The third-order valence-electron chi connectivity index (χ3n) is 3.93. The minimum atomic E-state index is -0.422. The highest BCUT2D eigenvalue weighted by atomic mass is 16.5. The Bertz CT molecular complexity index is 577. The van der Waals surface area contributed by atoms with E-state index in [4.69, 9.17) is 14.2 Å². The van der Waals surface area contributed by atoms with Crippen molar-refractivity contribution in [3.8, 4) is 11.5 Å². The van der Waals surface area contributed by atoms with Crippen LogP contribution in [0.1, 0.15) is 42.6 Å². The number of methoxy groups -OCH3 is 2. The van der Waals surface area contributed by atoms with Crippen LogP contribution in [-0.2, 0) is 4.74 Å². The average molecular weight is 319 g/mol. The van der Waals surface area contributed by atoms with E-state index in [9.17, 15) is 4.79 Å². The van der Waals surface area contributed by atoms with Gasteiger partial charge in [-0.15, -0.1) is 0 Å². The van der Waals surface area contributed by atoms with Crippen molar-refractivity contribution in [3.63, 3.8) is 0 Å². The van der Waals surface area contributed by atoms with E-state index in [-0.39, 0.29) is 6.10 Å². The van der Waals surface area contributed by atoms with Crippen LogP contribution in [-0.4, -0.2) is 38.4 Å². The van der Waals surface area contributed by atoms with Gasteiger partial charge in [0.2, 0.25) is 0 Å². The maximum atomic E-state index is 11.8. The Kier molecular flexibility index (Phi) is 5.66. The molecule has 0 bridgehead atoms. The van der Waals surface area contributed by atoms with Crippen molar-refractivity contribution in [2.24, 2.45) is 0 Å². The summed E-state index contributed by atoms with van der Waals surface area (Å²) in [7, 11) is 2.91. The molecule has 0 saturated heterocycles. The Morgan fingerprint density at radius 3 is 2.57 bits per heavy atom. The molecule has 0 aromatic heterocycles.